The van der Waals surface area contributed by atoms with Crippen LogP contribution >= 0.6 is 11.3 Å². The molecule has 0 aliphatic carbocycles. The summed E-state index contributed by atoms with van der Waals surface area (Å²) in [5.41, 5.74) is 3.36. The molecule has 1 N–H and O–H groups in total. The first-order valence-corrected chi connectivity index (χ1v) is 13.3. The third kappa shape index (κ3) is 3.84. The van der Waals surface area contributed by atoms with Gasteiger partial charge >= 0.3 is 0 Å². The van der Waals surface area contributed by atoms with Gasteiger partial charge in [0.05, 0.1) is 10.6 Å². The molecule has 9 heteroatoms. The monoisotopic (exact) mass is 462 g/mol. The predicted octanol–water partition coefficient (Wildman–Crippen LogP) is 4.31. The molecular weight excluding hydrogens is 440 g/mol. The Morgan fingerprint density at radius 2 is 1.80 bits per heavy atom. The number of thiophene rings is 1. The van der Waals surface area contributed by atoms with Gasteiger partial charge in [-0.2, -0.15) is 0 Å². The summed E-state index contributed by atoms with van der Waals surface area (Å²) in [4.78, 5) is 0.238. The summed E-state index contributed by atoms with van der Waals surface area (Å²) >= 11 is 1.19. The molecule has 0 spiro atoms. The first-order chi connectivity index (χ1) is 14.2. The zero-order valence-corrected chi connectivity index (χ0v) is 19.1. The Hall–Kier alpha value is -2.36. The van der Waals surface area contributed by atoms with Crippen molar-refractivity contribution in [2.75, 3.05) is 15.6 Å². The maximum absolute atomic E-state index is 13.0. The number of nitrogens with zero attached hydrogens (tertiary/aromatic N) is 1. The van der Waals surface area contributed by atoms with Gasteiger partial charge in [0.1, 0.15) is 4.21 Å². The zero-order valence-electron chi connectivity index (χ0n) is 16.6. The highest BCUT2D eigenvalue weighted by molar-refractivity contribution is 7.94. The van der Waals surface area contributed by atoms with Gasteiger partial charge in [-0.05, 0) is 79.1 Å². The number of aryl methyl sites for hydroxylation is 3. The van der Waals surface area contributed by atoms with E-state index in [0.717, 1.165) is 11.1 Å². The Balaban J connectivity index is 1.67. The highest BCUT2D eigenvalue weighted by atomic mass is 32.2. The summed E-state index contributed by atoms with van der Waals surface area (Å²) in [6, 6.07) is 13.6. The standard InChI is InChI=1S/C21H22N2O4S3/c1-15-7-8-16(2)20(13-15)29(24,25)22-18-9-10-19-17(14-18)5-3-11-23(19)30(26,27)21-6-4-12-28-21/h4,6-10,12-14,22H,3,5,11H2,1-2H3. The molecule has 0 unspecified atom stereocenters. The molecule has 1 aliphatic heterocycles. The topological polar surface area (TPSA) is 83.6 Å². The van der Waals surface area contributed by atoms with Crippen LogP contribution in [0.1, 0.15) is 23.1 Å². The van der Waals surface area contributed by atoms with E-state index < -0.39 is 20.0 Å². The van der Waals surface area contributed by atoms with E-state index >= 15 is 0 Å². The minimum absolute atomic E-state index is 0.238. The van der Waals surface area contributed by atoms with E-state index in [9.17, 15) is 16.8 Å². The van der Waals surface area contributed by atoms with Crippen molar-refractivity contribution >= 4 is 42.8 Å². The van der Waals surface area contributed by atoms with Gasteiger partial charge in [-0.15, -0.1) is 11.3 Å². The van der Waals surface area contributed by atoms with Crippen molar-refractivity contribution in [3.63, 3.8) is 0 Å². The van der Waals surface area contributed by atoms with E-state index in [1.165, 1.54) is 15.6 Å². The summed E-state index contributed by atoms with van der Waals surface area (Å²) in [6.07, 6.45) is 1.36. The lowest BCUT2D eigenvalue weighted by molar-refractivity contribution is 0.588. The van der Waals surface area contributed by atoms with E-state index in [-0.39, 0.29) is 4.90 Å². The number of fused-ring (bicyclic) bond motifs is 1. The van der Waals surface area contributed by atoms with E-state index in [1.54, 1.807) is 54.8 Å². The van der Waals surface area contributed by atoms with Crippen molar-refractivity contribution < 1.29 is 16.8 Å². The van der Waals surface area contributed by atoms with Crippen LogP contribution in [-0.2, 0) is 26.5 Å². The van der Waals surface area contributed by atoms with Gasteiger partial charge in [-0.1, -0.05) is 18.2 Å². The normalized spacial score (nSPS) is 14.4. The van der Waals surface area contributed by atoms with Crippen LogP contribution in [0.4, 0.5) is 11.4 Å². The largest absolute Gasteiger partial charge is 0.280 e. The summed E-state index contributed by atoms with van der Waals surface area (Å²) < 4.78 is 56.2. The molecule has 0 saturated carbocycles. The second-order valence-corrected chi connectivity index (χ2v) is 12.0. The van der Waals surface area contributed by atoms with E-state index in [2.05, 4.69) is 4.72 Å². The molecule has 0 bridgehead atoms. The highest BCUT2D eigenvalue weighted by Crippen LogP contribution is 2.35. The Morgan fingerprint density at radius 3 is 2.53 bits per heavy atom. The number of hydrogen-bond acceptors (Lipinski definition) is 5. The molecule has 0 radical (unpaired) electrons. The van der Waals surface area contributed by atoms with Crippen LogP contribution in [0.2, 0.25) is 0 Å². The second kappa shape index (κ2) is 7.72. The SMILES string of the molecule is Cc1ccc(C)c(S(=O)(=O)Nc2ccc3c(c2)CCCN3S(=O)(=O)c2cccs2)c1. The Labute approximate surface area is 181 Å². The van der Waals surface area contributed by atoms with Gasteiger partial charge in [-0.3, -0.25) is 9.03 Å². The Kier molecular flexibility index (Phi) is 5.37. The number of anilines is 2. The van der Waals surface area contributed by atoms with Crippen LogP contribution in [0.25, 0.3) is 0 Å². The number of sulfonamides is 2. The van der Waals surface area contributed by atoms with Crippen LogP contribution in [0.15, 0.2) is 63.0 Å². The molecule has 6 nitrogen and oxygen atoms in total. The number of hydrogen-bond donors (Lipinski definition) is 1. The molecule has 3 aromatic rings. The van der Waals surface area contributed by atoms with Gasteiger partial charge in [0, 0.05) is 12.2 Å². The van der Waals surface area contributed by atoms with Gasteiger partial charge in [0.15, 0.2) is 0 Å². The molecular formula is C21H22N2O4S3. The minimum atomic E-state index is -3.75. The quantitative estimate of drug-likeness (QED) is 0.613. The van der Waals surface area contributed by atoms with Crippen LogP contribution < -0.4 is 9.03 Å². The highest BCUT2D eigenvalue weighted by Gasteiger charge is 2.30. The van der Waals surface area contributed by atoms with Crippen LogP contribution in [-0.4, -0.2) is 23.4 Å². The van der Waals surface area contributed by atoms with Crippen LogP contribution in [0.3, 0.4) is 0 Å². The maximum Gasteiger partial charge on any atom is 0.273 e. The van der Waals surface area contributed by atoms with Crippen molar-refractivity contribution in [1.82, 2.24) is 0 Å². The van der Waals surface area contributed by atoms with Crippen molar-refractivity contribution in [2.45, 2.75) is 35.8 Å². The van der Waals surface area contributed by atoms with Crippen LogP contribution in [0.5, 0.6) is 0 Å². The number of rotatable bonds is 5. The predicted molar refractivity (Wildman–Crippen MR) is 120 cm³/mol. The smallest absolute Gasteiger partial charge is 0.273 e. The lowest BCUT2D eigenvalue weighted by Gasteiger charge is -2.30. The first kappa shape index (κ1) is 20.9. The van der Waals surface area contributed by atoms with Gasteiger partial charge in [-0.25, -0.2) is 16.8 Å². The van der Waals surface area contributed by atoms with Gasteiger partial charge in [0.25, 0.3) is 20.0 Å². The molecule has 0 fully saturated rings. The number of benzene rings is 2. The average molecular weight is 463 g/mol. The fourth-order valence-electron chi connectivity index (χ4n) is 3.60. The first-order valence-electron chi connectivity index (χ1n) is 9.48. The van der Waals surface area contributed by atoms with Crippen molar-refractivity contribution in [3.05, 3.63) is 70.6 Å². The average Bonchev–Trinajstić information content (AvgIpc) is 3.24. The van der Waals surface area contributed by atoms with E-state index in [4.69, 9.17) is 0 Å². The van der Waals surface area contributed by atoms with E-state index in [1.807, 2.05) is 13.0 Å². The minimum Gasteiger partial charge on any atom is -0.280 e. The molecule has 30 heavy (non-hydrogen) atoms. The van der Waals surface area contributed by atoms with Crippen molar-refractivity contribution in [3.8, 4) is 0 Å². The third-order valence-electron chi connectivity index (χ3n) is 5.08. The number of nitrogens with one attached hydrogen (secondary N) is 1. The summed E-state index contributed by atoms with van der Waals surface area (Å²) in [5, 5.41) is 1.74. The zero-order chi connectivity index (χ0) is 21.5. The molecule has 1 aliphatic rings. The molecule has 0 atom stereocenters. The second-order valence-electron chi connectivity index (χ2n) is 7.33. The van der Waals surface area contributed by atoms with E-state index in [0.29, 0.717) is 40.5 Å². The molecule has 0 saturated heterocycles. The molecule has 2 heterocycles. The molecule has 2 aromatic carbocycles. The third-order valence-corrected chi connectivity index (χ3v) is 9.79. The molecule has 158 valence electrons. The summed E-state index contributed by atoms with van der Waals surface area (Å²) in [7, 11) is -7.37. The maximum atomic E-state index is 13.0. The molecule has 1 aromatic heterocycles. The summed E-state index contributed by atoms with van der Waals surface area (Å²) in [6.45, 7) is 4.01. The fourth-order valence-corrected chi connectivity index (χ4v) is 7.63. The Bertz CT molecular complexity index is 1300. The van der Waals surface area contributed by atoms with Crippen molar-refractivity contribution in [2.24, 2.45) is 0 Å². The van der Waals surface area contributed by atoms with Crippen LogP contribution in [0, 0.1) is 13.8 Å². The fraction of sp³-hybridized carbons (Fsp3) is 0.238. The summed E-state index contributed by atoms with van der Waals surface area (Å²) in [5.74, 6) is 0. The molecule has 4 rings (SSSR count). The van der Waals surface area contributed by atoms with Gasteiger partial charge in [0.2, 0.25) is 0 Å². The lowest BCUT2D eigenvalue weighted by Crippen LogP contribution is -2.35. The van der Waals surface area contributed by atoms with Gasteiger partial charge < -0.3 is 0 Å². The lowest BCUT2D eigenvalue weighted by atomic mass is 10.0. The Morgan fingerprint density at radius 1 is 1.00 bits per heavy atom. The molecule has 0 amide bonds. The van der Waals surface area contributed by atoms with Crippen molar-refractivity contribution in [1.29, 1.82) is 0 Å².